The first-order valence-electron chi connectivity index (χ1n) is 10.0. The maximum absolute atomic E-state index is 12.2. The molecule has 34 heavy (non-hydrogen) atoms. The lowest BCUT2D eigenvalue weighted by Crippen LogP contribution is -2.35. The minimum Gasteiger partial charge on any atom is -0.858 e. The van der Waals surface area contributed by atoms with Crippen LogP contribution in [0, 0.1) is 11.3 Å². The van der Waals surface area contributed by atoms with E-state index in [1.54, 1.807) is 54.2 Å². The van der Waals surface area contributed by atoms with E-state index in [9.17, 15) is 10.4 Å². The number of nitriles is 1. The quantitative estimate of drug-likeness (QED) is 0.288. The molecule has 3 N–H and O–H groups in total. The number of hydrogen-bond acceptors (Lipinski definition) is 11. The number of nitrogens with zero attached hydrogens (tertiary/aromatic N) is 4. The highest BCUT2D eigenvalue weighted by Gasteiger charge is 2.18. The summed E-state index contributed by atoms with van der Waals surface area (Å²) in [4.78, 5) is 9.42. The number of ether oxygens (including phenoxy) is 1. The van der Waals surface area contributed by atoms with Gasteiger partial charge < -0.3 is 14.3 Å². The van der Waals surface area contributed by atoms with Gasteiger partial charge in [-0.3, -0.25) is 5.43 Å². The van der Waals surface area contributed by atoms with Crippen LogP contribution in [0.25, 0.3) is 21.7 Å². The van der Waals surface area contributed by atoms with Crippen LogP contribution in [0.4, 0.5) is 0 Å². The topological polar surface area (TPSA) is 143 Å². The molecule has 0 saturated carbocycles. The van der Waals surface area contributed by atoms with Crippen molar-refractivity contribution in [1.29, 1.82) is 5.26 Å². The van der Waals surface area contributed by atoms with Crippen molar-refractivity contribution in [1.82, 2.24) is 21.5 Å². The van der Waals surface area contributed by atoms with Gasteiger partial charge in [-0.1, -0.05) is 30.3 Å². The predicted octanol–water partition coefficient (Wildman–Crippen LogP) is 2.51. The van der Waals surface area contributed by atoms with E-state index >= 15 is 0 Å². The highest BCUT2D eigenvalue weighted by atomic mass is 32.1. The summed E-state index contributed by atoms with van der Waals surface area (Å²) in [6, 6.07) is 16.6. The van der Waals surface area contributed by atoms with Gasteiger partial charge in [0.1, 0.15) is 18.2 Å². The molecule has 10 nitrogen and oxygen atoms in total. The summed E-state index contributed by atoms with van der Waals surface area (Å²) < 4.78 is 11.2. The van der Waals surface area contributed by atoms with Crippen molar-refractivity contribution >= 4 is 23.2 Å². The molecule has 168 valence electrons. The molecule has 0 spiro atoms. The van der Waals surface area contributed by atoms with Gasteiger partial charge in [0.25, 0.3) is 5.96 Å². The number of thiophene rings is 1. The SMILES string of the molecule is N#Cc1c(-c2ccoc2)cc(-c2cccs2)nc1OCc1ccc(/C([O-])=N/C2=NNNN2)cc1. The lowest BCUT2D eigenvalue weighted by atomic mass is 10.0. The number of nitrogens with one attached hydrogen (secondary N) is 3. The lowest BCUT2D eigenvalue weighted by molar-refractivity contribution is -0.212. The number of benzene rings is 1. The van der Waals surface area contributed by atoms with Crippen molar-refractivity contribution in [2.45, 2.75) is 6.61 Å². The molecule has 1 aliphatic heterocycles. The summed E-state index contributed by atoms with van der Waals surface area (Å²) >= 11 is 1.55. The molecular weight excluding hydrogens is 454 g/mol. The summed E-state index contributed by atoms with van der Waals surface area (Å²) in [5, 5.41) is 27.8. The molecule has 5 rings (SSSR count). The molecule has 11 heteroatoms. The number of aliphatic imine (C=N–C) groups is 1. The van der Waals surface area contributed by atoms with Crippen LogP contribution in [0.5, 0.6) is 5.88 Å². The Hall–Kier alpha value is -4.66. The number of hydrogen-bond donors (Lipinski definition) is 3. The minimum atomic E-state index is -0.439. The van der Waals surface area contributed by atoms with Crippen LogP contribution in [0.3, 0.4) is 0 Å². The van der Waals surface area contributed by atoms with E-state index in [2.05, 4.69) is 37.6 Å². The van der Waals surface area contributed by atoms with Crippen LogP contribution in [-0.4, -0.2) is 16.8 Å². The normalized spacial score (nSPS) is 13.0. The first-order valence-corrected chi connectivity index (χ1v) is 10.9. The zero-order valence-corrected chi connectivity index (χ0v) is 18.3. The average Bonchev–Trinajstić information content (AvgIpc) is 3.66. The van der Waals surface area contributed by atoms with Crippen LogP contribution in [0.15, 0.2) is 80.9 Å². The van der Waals surface area contributed by atoms with Crippen molar-refractivity contribution in [2.75, 3.05) is 0 Å². The molecule has 0 amide bonds. The van der Waals surface area contributed by atoms with Gasteiger partial charge in [-0.2, -0.15) is 5.26 Å². The fourth-order valence-corrected chi connectivity index (χ4v) is 3.92. The van der Waals surface area contributed by atoms with Crippen LogP contribution in [0.1, 0.15) is 16.7 Å². The molecule has 4 heterocycles. The van der Waals surface area contributed by atoms with E-state index in [1.165, 1.54) is 0 Å². The predicted molar refractivity (Wildman–Crippen MR) is 124 cm³/mol. The van der Waals surface area contributed by atoms with Crippen molar-refractivity contribution in [3.05, 3.63) is 83.1 Å². The average molecular weight is 470 g/mol. The van der Waals surface area contributed by atoms with Crippen LogP contribution in [0.2, 0.25) is 0 Å². The first kappa shape index (κ1) is 21.2. The van der Waals surface area contributed by atoms with Gasteiger partial charge in [-0.05, 0) is 40.6 Å². The second kappa shape index (κ2) is 9.45. The van der Waals surface area contributed by atoms with E-state index in [1.807, 2.05) is 23.6 Å². The van der Waals surface area contributed by atoms with Gasteiger partial charge in [-0.15, -0.1) is 22.0 Å². The fourth-order valence-electron chi connectivity index (χ4n) is 3.23. The Kier molecular flexibility index (Phi) is 5.89. The van der Waals surface area contributed by atoms with Gasteiger partial charge in [0.05, 0.1) is 23.1 Å². The molecular formula is C23H16N7O3S-. The Morgan fingerprint density at radius 2 is 2.12 bits per heavy atom. The third-order valence-corrected chi connectivity index (χ3v) is 5.77. The number of aromatic nitrogens is 1. The minimum absolute atomic E-state index is 0.145. The molecule has 0 fully saturated rings. The van der Waals surface area contributed by atoms with E-state index < -0.39 is 5.90 Å². The Balaban J connectivity index is 1.40. The van der Waals surface area contributed by atoms with Gasteiger partial charge in [0.15, 0.2) is 0 Å². The third-order valence-electron chi connectivity index (χ3n) is 4.88. The molecule has 3 aromatic heterocycles. The molecule has 4 aromatic rings. The second-order valence-electron chi connectivity index (χ2n) is 7.04. The van der Waals surface area contributed by atoms with Gasteiger partial charge in [0.2, 0.25) is 5.88 Å². The number of rotatable bonds is 6. The first-order chi connectivity index (χ1) is 16.7. The highest BCUT2D eigenvalue weighted by molar-refractivity contribution is 7.13. The molecule has 0 radical (unpaired) electrons. The van der Waals surface area contributed by atoms with Gasteiger partial charge >= 0.3 is 0 Å². The smallest absolute Gasteiger partial charge is 0.256 e. The number of pyridine rings is 1. The monoisotopic (exact) mass is 470 g/mol. The molecule has 0 aliphatic carbocycles. The van der Waals surface area contributed by atoms with Gasteiger partial charge in [0, 0.05) is 11.1 Å². The maximum atomic E-state index is 12.2. The van der Waals surface area contributed by atoms with E-state index in [0.29, 0.717) is 22.4 Å². The summed E-state index contributed by atoms with van der Waals surface area (Å²) in [5.74, 6) is -0.0670. The molecule has 1 aliphatic rings. The number of furan rings is 1. The Bertz CT molecular complexity index is 1390. The van der Waals surface area contributed by atoms with Crippen molar-refractivity contribution in [3.63, 3.8) is 0 Å². The molecule has 1 aromatic carbocycles. The van der Waals surface area contributed by atoms with Crippen LogP contribution >= 0.6 is 11.3 Å². The summed E-state index contributed by atoms with van der Waals surface area (Å²) in [6.45, 7) is 0.161. The number of guanidine groups is 1. The number of hydrazine groups is 2. The summed E-state index contributed by atoms with van der Waals surface area (Å²) in [6.07, 6.45) is 3.14. The maximum Gasteiger partial charge on any atom is 0.256 e. The Morgan fingerprint density at radius 3 is 2.79 bits per heavy atom. The molecule has 0 bridgehead atoms. The van der Waals surface area contributed by atoms with E-state index in [0.717, 1.165) is 16.0 Å². The standard InChI is InChI=1S/C23H17N7O3S/c24-11-18-17(16-7-8-32-13-16)10-19(20-2-1-9-34-20)25-22(18)33-12-14-3-5-15(6-4-14)21(31)26-23-27-29-30-28-23/h1-10,13,29-30H,12H2,(H2,26,27,28,31)/p-1. The highest BCUT2D eigenvalue weighted by Crippen LogP contribution is 2.35. The fraction of sp³-hybridized carbons (Fsp3) is 0.0435. The van der Waals surface area contributed by atoms with Crippen molar-refractivity contribution in [3.8, 4) is 33.6 Å². The molecule has 0 unspecified atom stereocenters. The van der Waals surface area contributed by atoms with Crippen molar-refractivity contribution < 1.29 is 14.3 Å². The summed E-state index contributed by atoms with van der Waals surface area (Å²) in [7, 11) is 0. The third kappa shape index (κ3) is 4.44. The Morgan fingerprint density at radius 1 is 1.24 bits per heavy atom. The Labute approximate surface area is 197 Å². The zero-order valence-electron chi connectivity index (χ0n) is 17.5. The largest absolute Gasteiger partial charge is 0.858 e. The molecule has 0 atom stereocenters. The molecule has 0 saturated heterocycles. The summed E-state index contributed by atoms with van der Waals surface area (Å²) in [5.41, 5.74) is 11.2. The van der Waals surface area contributed by atoms with Crippen LogP contribution < -0.4 is 26.3 Å². The second-order valence-corrected chi connectivity index (χ2v) is 7.98. The van der Waals surface area contributed by atoms with Crippen molar-refractivity contribution in [2.24, 2.45) is 10.1 Å². The van der Waals surface area contributed by atoms with E-state index in [-0.39, 0.29) is 18.4 Å². The van der Waals surface area contributed by atoms with Crippen LogP contribution in [-0.2, 0) is 6.61 Å². The number of hydrazone groups is 1. The lowest BCUT2D eigenvalue weighted by Gasteiger charge is -2.13. The van der Waals surface area contributed by atoms with E-state index in [4.69, 9.17) is 9.15 Å². The zero-order chi connectivity index (χ0) is 23.3. The van der Waals surface area contributed by atoms with Gasteiger partial charge in [-0.25, -0.2) is 15.5 Å².